The first-order valence-corrected chi connectivity index (χ1v) is 10.2. The lowest BCUT2D eigenvalue weighted by atomic mass is 9.91. The van der Waals surface area contributed by atoms with Crippen LogP contribution >= 0.6 is 0 Å². The second-order valence-corrected chi connectivity index (χ2v) is 8.13. The van der Waals surface area contributed by atoms with Crippen LogP contribution < -0.4 is 19.1 Å². The van der Waals surface area contributed by atoms with Gasteiger partial charge < -0.3 is 19.3 Å². The molecule has 1 amide bonds. The first kappa shape index (κ1) is 20.8. The van der Waals surface area contributed by atoms with E-state index in [-0.39, 0.29) is 30.2 Å². The Morgan fingerprint density at radius 3 is 2.39 bits per heavy atom. The number of anilines is 1. The SMILES string of the molecule is CC(C)Oc1ccc(C2C(C(=O)C(C)C)=C(O)C(=O)N2c2ccc3c(c2)OCO3)cc1. The highest BCUT2D eigenvalue weighted by atomic mass is 16.7. The number of carbonyl (C=O) groups excluding carboxylic acids is 2. The van der Waals surface area contributed by atoms with E-state index in [1.807, 2.05) is 26.0 Å². The van der Waals surface area contributed by atoms with E-state index in [9.17, 15) is 14.7 Å². The Morgan fingerprint density at radius 2 is 1.74 bits per heavy atom. The van der Waals surface area contributed by atoms with Crippen molar-refractivity contribution >= 4 is 17.4 Å². The number of amides is 1. The maximum atomic E-state index is 13.1. The highest BCUT2D eigenvalue weighted by Gasteiger charge is 2.45. The summed E-state index contributed by atoms with van der Waals surface area (Å²) in [6.45, 7) is 7.46. The molecule has 2 aromatic rings. The standard InChI is InChI=1S/C24H25NO6/c1-13(2)22(26)20-21(15-5-8-17(9-6-15)31-14(3)4)25(24(28)23(20)27)16-7-10-18-19(11-16)30-12-29-18/h5-11,13-14,21,27H,12H2,1-4H3. The fourth-order valence-corrected chi connectivity index (χ4v) is 3.79. The minimum Gasteiger partial charge on any atom is -0.503 e. The van der Waals surface area contributed by atoms with Gasteiger partial charge in [-0.15, -0.1) is 0 Å². The number of hydrogen-bond donors (Lipinski definition) is 1. The maximum Gasteiger partial charge on any atom is 0.294 e. The number of aliphatic hydroxyl groups excluding tert-OH is 1. The number of fused-ring (bicyclic) bond motifs is 1. The summed E-state index contributed by atoms with van der Waals surface area (Å²) >= 11 is 0. The number of rotatable bonds is 6. The van der Waals surface area contributed by atoms with Gasteiger partial charge in [0.15, 0.2) is 23.0 Å². The predicted octanol–water partition coefficient (Wildman–Crippen LogP) is 4.33. The largest absolute Gasteiger partial charge is 0.503 e. The highest BCUT2D eigenvalue weighted by Crippen LogP contribution is 2.44. The third-order valence-corrected chi connectivity index (χ3v) is 5.20. The number of carbonyl (C=O) groups is 2. The van der Waals surface area contributed by atoms with E-state index < -0.39 is 17.7 Å². The number of ketones is 1. The Hall–Kier alpha value is -3.48. The molecular weight excluding hydrogens is 398 g/mol. The molecule has 0 saturated carbocycles. The number of benzene rings is 2. The van der Waals surface area contributed by atoms with Crippen molar-refractivity contribution in [3.8, 4) is 17.2 Å². The van der Waals surface area contributed by atoms with E-state index in [1.165, 1.54) is 4.90 Å². The summed E-state index contributed by atoms with van der Waals surface area (Å²) in [4.78, 5) is 27.5. The van der Waals surface area contributed by atoms with Gasteiger partial charge in [-0.3, -0.25) is 14.5 Å². The van der Waals surface area contributed by atoms with Crippen LogP contribution in [0.2, 0.25) is 0 Å². The van der Waals surface area contributed by atoms with Crippen LogP contribution in [0.25, 0.3) is 0 Å². The number of ether oxygens (including phenoxy) is 3. The summed E-state index contributed by atoms with van der Waals surface area (Å²) < 4.78 is 16.5. The van der Waals surface area contributed by atoms with Crippen molar-refractivity contribution in [3.05, 3.63) is 59.4 Å². The Labute approximate surface area is 180 Å². The summed E-state index contributed by atoms with van der Waals surface area (Å²) in [6.07, 6.45) is 0.0195. The van der Waals surface area contributed by atoms with Crippen LogP contribution in [0.3, 0.4) is 0 Å². The molecule has 1 unspecified atom stereocenters. The minimum atomic E-state index is -0.768. The van der Waals surface area contributed by atoms with Crippen LogP contribution in [0.5, 0.6) is 17.2 Å². The molecule has 0 radical (unpaired) electrons. The topological polar surface area (TPSA) is 85.3 Å². The Kier molecular flexibility index (Phi) is 5.35. The van der Waals surface area contributed by atoms with Gasteiger partial charge in [0.25, 0.3) is 5.91 Å². The quantitative estimate of drug-likeness (QED) is 0.745. The third-order valence-electron chi connectivity index (χ3n) is 5.20. The van der Waals surface area contributed by atoms with Gasteiger partial charge in [-0.05, 0) is 43.7 Å². The van der Waals surface area contributed by atoms with Crippen LogP contribution in [-0.2, 0) is 9.59 Å². The Morgan fingerprint density at radius 1 is 1.06 bits per heavy atom. The average Bonchev–Trinajstić information content (AvgIpc) is 3.30. The predicted molar refractivity (Wildman–Crippen MR) is 114 cm³/mol. The number of aliphatic hydroxyl groups is 1. The molecule has 2 aliphatic rings. The molecule has 4 rings (SSSR count). The second kappa shape index (κ2) is 7.98. The van der Waals surface area contributed by atoms with Crippen molar-refractivity contribution in [3.63, 3.8) is 0 Å². The first-order valence-electron chi connectivity index (χ1n) is 10.2. The number of Topliss-reactive ketones (excluding diaryl/α,β-unsaturated/α-hetero) is 1. The molecule has 0 aromatic heterocycles. The van der Waals surface area contributed by atoms with Gasteiger partial charge in [0.05, 0.1) is 17.7 Å². The van der Waals surface area contributed by atoms with E-state index in [0.717, 1.165) is 0 Å². The molecule has 0 bridgehead atoms. The van der Waals surface area contributed by atoms with E-state index in [1.54, 1.807) is 44.2 Å². The van der Waals surface area contributed by atoms with Gasteiger partial charge in [0.1, 0.15) is 5.75 Å². The van der Waals surface area contributed by atoms with Crippen molar-refractivity contribution in [2.24, 2.45) is 5.92 Å². The molecule has 7 nitrogen and oxygen atoms in total. The van der Waals surface area contributed by atoms with Crippen LogP contribution in [0.4, 0.5) is 5.69 Å². The molecule has 2 aliphatic heterocycles. The molecule has 2 aromatic carbocycles. The zero-order valence-corrected chi connectivity index (χ0v) is 17.9. The number of hydrogen-bond acceptors (Lipinski definition) is 6. The van der Waals surface area contributed by atoms with Crippen LogP contribution in [0.15, 0.2) is 53.8 Å². The van der Waals surface area contributed by atoms with Crippen molar-refractivity contribution < 1.29 is 28.9 Å². The second-order valence-electron chi connectivity index (χ2n) is 8.13. The Balaban J connectivity index is 1.80. The summed E-state index contributed by atoms with van der Waals surface area (Å²) in [5.41, 5.74) is 1.28. The van der Waals surface area contributed by atoms with Crippen LogP contribution in [0.1, 0.15) is 39.3 Å². The van der Waals surface area contributed by atoms with E-state index in [4.69, 9.17) is 14.2 Å². The summed E-state index contributed by atoms with van der Waals surface area (Å²) in [7, 11) is 0. The average molecular weight is 423 g/mol. The molecule has 0 saturated heterocycles. The number of nitrogens with zero attached hydrogens (tertiary/aromatic N) is 1. The van der Waals surface area contributed by atoms with Crippen LogP contribution in [-0.4, -0.2) is 29.7 Å². The van der Waals surface area contributed by atoms with Crippen molar-refractivity contribution in [2.45, 2.75) is 39.8 Å². The molecule has 0 spiro atoms. The van der Waals surface area contributed by atoms with Gasteiger partial charge in [-0.2, -0.15) is 0 Å². The van der Waals surface area contributed by atoms with Gasteiger partial charge in [0.2, 0.25) is 6.79 Å². The van der Waals surface area contributed by atoms with E-state index in [2.05, 4.69) is 0 Å². The summed E-state index contributed by atoms with van der Waals surface area (Å²) in [5, 5.41) is 10.7. The fourth-order valence-electron chi connectivity index (χ4n) is 3.79. The lowest BCUT2D eigenvalue weighted by Gasteiger charge is -2.27. The molecule has 162 valence electrons. The van der Waals surface area contributed by atoms with Gasteiger partial charge >= 0.3 is 0 Å². The first-order chi connectivity index (χ1) is 14.8. The fraction of sp³-hybridized carbons (Fsp3) is 0.333. The van der Waals surface area contributed by atoms with Gasteiger partial charge in [0, 0.05) is 17.7 Å². The van der Waals surface area contributed by atoms with E-state index in [0.29, 0.717) is 28.5 Å². The van der Waals surface area contributed by atoms with Crippen molar-refractivity contribution in [1.29, 1.82) is 0 Å². The van der Waals surface area contributed by atoms with E-state index >= 15 is 0 Å². The van der Waals surface area contributed by atoms with Crippen molar-refractivity contribution in [1.82, 2.24) is 0 Å². The lowest BCUT2D eigenvalue weighted by molar-refractivity contribution is -0.119. The highest BCUT2D eigenvalue weighted by molar-refractivity contribution is 6.17. The summed E-state index contributed by atoms with van der Waals surface area (Å²) in [5.74, 6) is -0.0400. The smallest absolute Gasteiger partial charge is 0.294 e. The maximum absolute atomic E-state index is 13.1. The molecule has 2 heterocycles. The molecule has 0 aliphatic carbocycles. The minimum absolute atomic E-state index is 0.0195. The zero-order chi connectivity index (χ0) is 22.3. The lowest BCUT2D eigenvalue weighted by Crippen LogP contribution is -2.31. The monoisotopic (exact) mass is 423 g/mol. The summed E-state index contributed by atoms with van der Waals surface area (Å²) in [6, 6.07) is 11.5. The molecule has 0 fully saturated rings. The van der Waals surface area contributed by atoms with Crippen LogP contribution in [0, 0.1) is 5.92 Å². The van der Waals surface area contributed by atoms with Gasteiger partial charge in [-0.1, -0.05) is 26.0 Å². The molecular formula is C24H25NO6. The molecule has 1 N–H and O–H groups in total. The third kappa shape index (κ3) is 3.71. The molecule has 1 atom stereocenters. The normalized spacial score (nSPS) is 17.8. The van der Waals surface area contributed by atoms with Crippen molar-refractivity contribution in [2.75, 3.05) is 11.7 Å². The van der Waals surface area contributed by atoms with Gasteiger partial charge in [-0.25, -0.2) is 0 Å². The molecule has 31 heavy (non-hydrogen) atoms. The zero-order valence-electron chi connectivity index (χ0n) is 17.9. The Bertz CT molecular complexity index is 1050. The molecule has 7 heteroatoms.